The maximum Gasteiger partial charge on any atom is 0.237 e. The number of pyridine rings is 1. The van der Waals surface area contributed by atoms with Crippen LogP contribution in [0.25, 0.3) is 0 Å². The Morgan fingerprint density at radius 3 is 2.61 bits per heavy atom. The average molecular weight is 309 g/mol. The Morgan fingerprint density at radius 2 is 2.11 bits per heavy atom. The quantitative estimate of drug-likeness (QED) is 0.780. The van der Waals surface area contributed by atoms with Gasteiger partial charge in [0.1, 0.15) is 5.25 Å². The van der Waals surface area contributed by atoms with Crippen molar-refractivity contribution in [2.75, 3.05) is 11.4 Å². The number of anilines is 1. The molecule has 1 saturated heterocycles. The molecule has 1 unspecified atom stereocenters. The van der Waals surface area contributed by atoms with Gasteiger partial charge in [0.15, 0.2) is 0 Å². The van der Waals surface area contributed by atoms with Gasteiger partial charge in [-0.1, -0.05) is 11.6 Å². The van der Waals surface area contributed by atoms with E-state index in [-0.39, 0.29) is 18.9 Å². The van der Waals surface area contributed by atoms with Gasteiger partial charge in [0.25, 0.3) is 0 Å². The van der Waals surface area contributed by atoms with Crippen LogP contribution in [0.1, 0.15) is 12.0 Å². The minimum Gasteiger partial charge on any atom is -0.309 e. The number of hydrogen-bond donors (Lipinski definition) is 0. The van der Waals surface area contributed by atoms with E-state index in [1.165, 1.54) is 11.1 Å². The summed E-state index contributed by atoms with van der Waals surface area (Å²) in [7, 11) is 1.53. The molecule has 1 atom stereocenters. The summed E-state index contributed by atoms with van der Waals surface area (Å²) in [5, 5.41) is -0.578. The van der Waals surface area contributed by atoms with Crippen molar-refractivity contribution in [1.29, 1.82) is 0 Å². The Balaban J connectivity index is 2.39. The molecule has 0 bridgehead atoms. The standard InChI is InChI=1S/C10H10Cl2N2O3S/c1-6-3-13-4-8(11)10(6)14-5-7(2-9(14)15)18(12,16)17/h3-4,7H,2,5H2,1H3. The van der Waals surface area contributed by atoms with E-state index in [9.17, 15) is 13.2 Å². The molecule has 8 heteroatoms. The number of rotatable bonds is 2. The van der Waals surface area contributed by atoms with Gasteiger partial charge in [0.05, 0.1) is 10.7 Å². The summed E-state index contributed by atoms with van der Waals surface area (Å²) in [6.07, 6.45) is 2.86. The lowest BCUT2D eigenvalue weighted by Crippen LogP contribution is -2.27. The number of nitrogens with zero attached hydrogens (tertiary/aromatic N) is 2. The van der Waals surface area contributed by atoms with Gasteiger partial charge < -0.3 is 4.90 Å². The molecule has 0 radical (unpaired) electrons. The number of carbonyl (C=O) groups is 1. The van der Waals surface area contributed by atoms with Crippen LogP contribution in [0, 0.1) is 6.92 Å². The number of amides is 1. The molecule has 2 rings (SSSR count). The highest BCUT2D eigenvalue weighted by atomic mass is 35.7. The first-order valence-corrected chi connectivity index (χ1v) is 7.89. The van der Waals surface area contributed by atoms with E-state index < -0.39 is 14.3 Å². The largest absolute Gasteiger partial charge is 0.309 e. The molecule has 98 valence electrons. The number of carbonyl (C=O) groups excluding carboxylic acids is 1. The zero-order valence-electron chi connectivity index (χ0n) is 9.43. The van der Waals surface area contributed by atoms with E-state index in [2.05, 4.69) is 4.98 Å². The van der Waals surface area contributed by atoms with Crippen molar-refractivity contribution in [1.82, 2.24) is 4.98 Å². The van der Waals surface area contributed by atoms with Crippen LogP contribution in [-0.2, 0) is 13.8 Å². The minimum atomic E-state index is -3.75. The molecule has 0 saturated carbocycles. The van der Waals surface area contributed by atoms with Crippen LogP contribution < -0.4 is 4.90 Å². The topological polar surface area (TPSA) is 67.3 Å². The Bertz CT molecular complexity index is 583. The summed E-state index contributed by atoms with van der Waals surface area (Å²) in [4.78, 5) is 17.1. The van der Waals surface area contributed by atoms with Gasteiger partial charge in [-0.15, -0.1) is 0 Å². The van der Waals surface area contributed by atoms with Crippen LogP contribution in [0.4, 0.5) is 5.69 Å². The summed E-state index contributed by atoms with van der Waals surface area (Å²) in [5.74, 6) is -0.305. The van der Waals surface area contributed by atoms with Crippen LogP contribution in [0.5, 0.6) is 0 Å². The molecule has 1 amide bonds. The minimum absolute atomic E-state index is 0.0231. The predicted molar refractivity (Wildman–Crippen MR) is 69.5 cm³/mol. The SMILES string of the molecule is Cc1cncc(Cl)c1N1CC(S(=O)(=O)Cl)CC1=O. The lowest BCUT2D eigenvalue weighted by Gasteiger charge is -2.19. The van der Waals surface area contributed by atoms with E-state index in [1.54, 1.807) is 13.1 Å². The maximum atomic E-state index is 11.9. The average Bonchev–Trinajstić information content (AvgIpc) is 2.60. The van der Waals surface area contributed by atoms with E-state index >= 15 is 0 Å². The van der Waals surface area contributed by atoms with Gasteiger partial charge in [-0.2, -0.15) is 0 Å². The fourth-order valence-electron chi connectivity index (χ4n) is 1.95. The van der Waals surface area contributed by atoms with Gasteiger partial charge in [-0.3, -0.25) is 9.78 Å². The molecule has 1 aromatic heterocycles. The number of aromatic nitrogens is 1. The second-order valence-electron chi connectivity index (χ2n) is 4.09. The van der Waals surface area contributed by atoms with Crippen LogP contribution in [0.3, 0.4) is 0 Å². The molecule has 0 N–H and O–H groups in total. The second-order valence-corrected chi connectivity index (χ2v) is 7.41. The van der Waals surface area contributed by atoms with Gasteiger partial charge >= 0.3 is 0 Å². The van der Waals surface area contributed by atoms with Gasteiger partial charge in [0.2, 0.25) is 15.0 Å². The number of halogens is 2. The van der Waals surface area contributed by atoms with E-state index in [4.69, 9.17) is 22.3 Å². The highest BCUT2D eigenvalue weighted by Gasteiger charge is 2.39. The molecule has 1 aliphatic heterocycles. The zero-order valence-corrected chi connectivity index (χ0v) is 11.8. The van der Waals surface area contributed by atoms with Crippen molar-refractivity contribution in [2.45, 2.75) is 18.6 Å². The van der Waals surface area contributed by atoms with Gasteiger partial charge in [-0.25, -0.2) is 8.42 Å². The first-order chi connectivity index (χ1) is 8.30. The van der Waals surface area contributed by atoms with Crippen molar-refractivity contribution >= 4 is 42.9 Å². The molecule has 18 heavy (non-hydrogen) atoms. The molecule has 2 heterocycles. The third-order valence-corrected chi connectivity index (χ3v) is 4.96. The van der Waals surface area contributed by atoms with Crippen LogP contribution in [0.15, 0.2) is 12.4 Å². The highest BCUT2D eigenvalue weighted by molar-refractivity contribution is 8.14. The third-order valence-electron chi connectivity index (χ3n) is 2.81. The Labute approximate surface area is 114 Å². The van der Waals surface area contributed by atoms with E-state index in [0.717, 1.165) is 0 Å². The van der Waals surface area contributed by atoms with E-state index in [0.29, 0.717) is 16.3 Å². The summed E-state index contributed by atoms with van der Waals surface area (Å²) >= 11 is 6.00. The molecule has 1 aromatic rings. The fraction of sp³-hybridized carbons (Fsp3) is 0.400. The lowest BCUT2D eigenvalue weighted by atomic mass is 10.2. The highest BCUT2D eigenvalue weighted by Crippen LogP contribution is 2.33. The lowest BCUT2D eigenvalue weighted by molar-refractivity contribution is -0.117. The van der Waals surface area contributed by atoms with Crippen LogP contribution in [-0.4, -0.2) is 31.1 Å². The zero-order chi connectivity index (χ0) is 13.5. The third kappa shape index (κ3) is 2.46. The molecule has 0 aromatic carbocycles. The number of hydrogen-bond acceptors (Lipinski definition) is 4. The molecule has 1 fully saturated rings. The van der Waals surface area contributed by atoms with Crippen LogP contribution >= 0.6 is 22.3 Å². The Morgan fingerprint density at radius 1 is 1.44 bits per heavy atom. The number of aryl methyl sites for hydroxylation is 1. The normalized spacial score (nSPS) is 20.5. The second kappa shape index (κ2) is 4.68. The first-order valence-electron chi connectivity index (χ1n) is 5.14. The summed E-state index contributed by atoms with van der Waals surface area (Å²) in [6, 6.07) is 0. The van der Waals surface area contributed by atoms with E-state index in [1.807, 2.05) is 0 Å². The maximum absolute atomic E-state index is 11.9. The molecule has 0 aliphatic carbocycles. The Kier molecular flexibility index (Phi) is 3.53. The van der Waals surface area contributed by atoms with Crippen molar-refractivity contribution in [3.8, 4) is 0 Å². The van der Waals surface area contributed by atoms with Crippen molar-refractivity contribution in [3.63, 3.8) is 0 Å². The van der Waals surface area contributed by atoms with Crippen molar-refractivity contribution in [2.24, 2.45) is 0 Å². The predicted octanol–water partition coefficient (Wildman–Crippen LogP) is 1.72. The van der Waals surface area contributed by atoms with Crippen molar-refractivity contribution in [3.05, 3.63) is 23.0 Å². The molecule has 1 aliphatic rings. The summed E-state index contributed by atoms with van der Waals surface area (Å²) in [6.45, 7) is 1.78. The monoisotopic (exact) mass is 308 g/mol. The first kappa shape index (κ1) is 13.6. The molecule has 0 spiro atoms. The molecular weight excluding hydrogens is 299 g/mol. The summed E-state index contributed by atoms with van der Waals surface area (Å²) in [5.41, 5.74) is 1.21. The fourth-order valence-corrected chi connectivity index (χ4v) is 3.28. The van der Waals surface area contributed by atoms with Crippen LogP contribution in [0.2, 0.25) is 5.02 Å². The summed E-state index contributed by atoms with van der Waals surface area (Å²) < 4.78 is 22.5. The van der Waals surface area contributed by atoms with Crippen molar-refractivity contribution < 1.29 is 13.2 Å². The van der Waals surface area contributed by atoms with Gasteiger partial charge in [-0.05, 0) is 12.5 Å². The van der Waals surface area contributed by atoms with Gasteiger partial charge in [0, 0.05) is 36.0 Å². The Hall–Kier alpha value is -0.850. The smallest absolute Gasteiger partial charge is 0.237 e. The molecular formula is C10H10Cl2N2O3S. The molecule has 5 nitrogen and oxygen atoms in total.